The minimum Gasteiger partial charge on any atom is -0.444 e. The molecule has 1 N–H and O–H groups in total. The third-order valence-corrected chi connectivity index (χ3v) is 3.17. The normalized spacial score (nSPS) is 22.4. The monoisotopic (exact) mass is 247 g/mol. The Morgan fingerprint density at radius 2 is 2.00 bits per heavy atom. The fourth-order valence-electron chi connectivity index (χ4n) is 2.45. The Balaban J connectivity index is 2.08. The van der Waals surface area contributed by atoms with Gasteiger partial charge in [-0.3, -0.25) is 0 Å². The molecule has 0 fully saturated rings. The lowest BCUT2D eigenvalue weighted by molar-refractivity contribution is 0.0491. The molecule has 0 unspecified atom stereocenters. The first-order valence-electron chi connectivity index (χ1n) is 6.44. The summed E-state index contributed by atoms with van der Waals surface area (Å²) in [5.74, 6) is 0.412. The van der Waals surface area contributed by atoms with Crippen molar-refractivity contribution >= 4 is 6.09 Å². The molecular formula is C15H21NO2. The van der Waals surface area contributed by atoms with Crippen LogP contribution >= 0.6 is 0 Å². The van der Waals surface area contributed by atoms with Gasteiger partial charge in [-0.05, 0) is 44.2 Å². The number of benzene rings is 1. The van der Waals surface area contributed by atoms with Gasteiger partial charge < -0.3 is 10.1 Å². The number of carbonyl (C=O) groups is 1. The number of rotatable bonds is 1. The highest BCUT2D eigenvalue weighted by atomic mass is 16.6. The van der Waals surface area contributed by atoms with Crippen LogP contribution in [-0.4, -0.2) is 11.7 Å². The zero-order valence-corrected chi connectivity index (χ0v) is 11.5. The predicted molar refractivity (Wildman–Crippen MR) is 71.4 cm³/mol. The molecule has 1 aliphatic rings. The molecule has 0 saturated carbocycles. The highest BCUT2D eigenvalue weighted by Gasteiger charge is 2.31. The summed E-state index contributed by atoms with van der Waals surface area (Å²) in [5.41, 5.74) is 2.09. The van der Waals surface area contributed by atoms with E-state index < -0.39 is 5.60 Å². The Bertz CT molecular complexity index is 448. The number of ether oxygens (including phenoxy) is 1. The van der Waals surface area contributed by atoms with Crippen molar-refractivity contribution in [2.24, 2.45) is 5.92 Å². The number of alkyl carbamates (subject to hydrolysis) is 1. The predicted octanol–water partition coefficient (Wildman–Crippen LogP) is 3.44. The van der Waals surface area contributed by atoms with Crippen LogP contribution in [-0.2, 0) is 11.2 Å². The van der Waals surface area contributed by atoms with Crippen LogP contribution < -0.4 is 5.32 Å². The van der Waals surface area contributed by atoms with Crippen molar-refractivity contribution in [1.82, 2.24) is 5.32 Å². The van der Waals surface area contributed by atoms with Gasteiger partial charge in [0.15, 0.2) is 0 Å². The Morgan fingerprint density at radius 1 is 1.33 bits per heavy atom. The average molecular weight is 247 g/mol. The Morgan fingerprint density at radius 3 is 2.67 bits per heavy atom. The summed E-state index contributed by atoms with van der Waals surface area (Å²) in [7, 11) is 0. The second kappa shape index (κ2) is 4.63. The molecule has 1 aromatic rings. The van der Waals surface area contributed by atoms with E-state index in [9.17, 15) is 4.79 Å². The molecular weight excluding hydrogens is 226 g/mol. The molecule has 0 saturated heterocycles. The van der Waals surface area contributed by atoms with Gasteiger partial charge in [-0.25, -0.2) is 4.79 Å². The maximum atomic E-state index is 11.8. The Labute approximate surface area is 109 Å². The van der Waals surface area contributed by atoms with Gasteiger partial charge in [0.25, 0.3) is 0 Å². The average Bonchev–Trinajstić information content (AvgIpc) is 2.53. The van der Waals surface area contributed by atoms with Gasteiger partial charge in [-0.2, -0.15) is 0 Å². The minimum absolute atomic E-state index is 0.0658. The van der Waals surface area contributed by atoms with Crippen LogP contribution in [0.2, 0.25) is 0 Å². The molecule has 1 amide bonds. The molecule has 3 heteroatoms. The van der Waals surface area contributed by atoms with Gasteiger partial charge in [-0.1, -0.05) is 31.2 Å². The lowest BCUT2D eigenvalue weighted by Gasteiger charge is -2.24. The molecule has 0 spiro atoms. The van der Waals surface area contributed by atoms with Crippen LogP contribution in [0.4, 0.5) is 4.79 Å². The van der Waals surface area contributed by atoms with Crippen LogP contribution in [0.3, 0.4) is 0 Å². The van der Waals surface area contributed by atoms with Gasteiger partial charge in [0.05, 0.1) is 6.04 Å². The van der Waals surface area contributed by atoms with Crippen molar-refractivity contribution in [3.8, 4) is 0 Å². The van der Waals surface area contributed by atoms with E-state index in [4.69, 9.17) is 4.74 Å². The molecule has 18 heavy (non-hydrogen) atoms. The second-order valence-corrected chi connectivity index (χ2v) is 6.00. The number of nitrogens with one attached hydrogen (secondary N) is 1. The SMILES string of the molecule is C[C@H]1Cc2ccccc2[C@@H]1NC(=O)OC(C)(C)C. The molecule has 1 aliphatic carbocycles. The van der Waals surface area contributed by atoms with Gasteiger partial charge in [0.1, 0.15) is 5.60 Å². The van der Waals surface area contributed by atoms with E-state index in [1.54, 1.807) is 0 Å². The highest BCUT2D eigenvalue weighted by molar-refractivity contribution is 5.68. The van der Waals surface area contributed by atoms with Crippen molar-refractivity contribution in [2.75, 3.05) is 0 Å². The maximum Gasteiger partial charge on any atom is 0.408 e. The lowest BCUT2D eigenvalue weighted by Crippen LogP contribution is -2.36. The van der Waals surface area contributed by atoms with E-state index in [0.717, 1.165) is 6.42 Å². The van der Waals surface area contributed by atoms with E-state index in [2.05, 4.69) is 24.4 Å². The Kier molecular flexibility index (Phi) is 3.33. The molecule has 2 atom stereocenters. The van der Waals surface area contributed by atoms with Crippen molar-refractivity contribution < 1.29 is 9.53 Å². The van der Waals surface area contributed by atoms with Gasteiger partial charge in [0.2, 0.25) is 0 Å². The van der Waals surface area contributed by atoms with Crippen molar-refractivity contribution in [2.45, 2.75) is 45.8 Å². The third kappa shape index (κ3) is 2.84. The largest absolute Gasteiger partial charge is 0.444 e. The molecule has 0 radical (unpaired) electrons. The van der Waals surface area contributed by atoms with Crippen molar-refractivity contribution in [1.29, 1.82) is 0 Å². The first kappa shape index (κ1) is 12.9. The molecule has 98 valence electrons. The van der Waals surface area contributed by atoms with Gasteiger partial charge >= 0.3 is 6.09 Å². The summed E-state index contributed by atoms with van der Waals surface area (Å²) in [4.78, 5) is 11.8. The van der Waals surface area contributed by atoms with Gasteiger partial charge in [-0.15, -0.1) is 0 Å². The van der Waals surface area contributed by atoms with Crippen LogP contribution in [0.25, 0.3) is 0 Å². The number of fused-ring (bicyclic) bond motifs is 1. The quantitative estimate of drug-likeness (QED) is 0.825. The number of amides is 1. The first-order chi connectivity index (χ1) is 8.37. The van der Waals surface area contributed by atoms with E-state index in [0.29, 0.717) is 5.92 Å². The summed E-state index contributed by atoms with van der Waals surface area (Å²) in [6.45, 7) is 7.78. The van der Waals surface area contributed by atoms with Crippen LogP contribution in [0.1, 0.15) is 44.9 Å². The molecule has 0 aliphatic heterocycles. The summed E-state index contributed by atoms with van der Waals surface area (Å²) in [5, 5.41) is 2.98. The topological polar surface area (TPSA) is 38.3 Å². The fourth-order valence-corrected chi connectivity index (χ4v) is 2.45. The minimum atomic E-state index is -0.453. The van der Waals surface area contributed by atoms with E-state index >= 15 is 0 Å². The molecule has 0 heterocycles. The third-order valence-electron chi connectivity index (χ3n) is 3.17. The van der Waals surface area contributed by atoms with E-state index in [1.165, 1.54) is 11.1 Å². The second-order valence-electron chi connectivity index (χ2n) is 6.00. The summed E-state index contributed by atoms with van der Waals surface area (Å²) >= 11 is 0. The fraction of sp³-hybridized carbons (Fsp3) is 0.533. The van der Waals surface area contributed by atoms with Crippen molar-refractivity contribution in [3.05, 3.63) is 35.4 Å². The Hall–Kier alpha value is -1.51. The maximum absolute atomic E-state index is 11.8. The summed E-state index contributed by atoms with van der Waals surface area (Å²) < 4.78 is 5.31. The first-order valence-corrected chi connectivity index (χ1v) is 6.44. The van der Waals surface area contributed by atoms with Crippen molar-refractivity contribution in [3.63, 3.8) is 0 Å². The molecule has 0 bridgehead atoms. The van der Waals surface area contributed by atoms with Gasteiger partial charge in [0, 0.05) is 0 Å². The standard InChI is InChI=1S/C15H21NO2/c1-10-9-11-7-5-6-8-12(11)13(10)16-14(17)18-15(2,3)4/h5-8,10,13H,9H2,1-4H3,(H,16,17)/t10-,13+/m0/s1. The lowest BCUT2D eigenvalue weighted by atomic mass is 10.0. The summed E-state index contributed by atoms with van der Waals surface area (Å²) in [6, 6.07) is 8.34. The smallest absolute Gasteiger partial charge is 0.408 e. The molecule has 2 rings (SSSR count). The van der Waals surface area contributed by atoms with Crippen LogP contribution in [0.15, 0.2) is 24.3 Å². The molecule has 0 aromatic heterocycles. The van der Waals surface area contributed by atoms with Crippen LogP contribution in [0, 0.1) is 5.92 Å². The summed E-state index contributed by atoms with van der Waals surface area (Å²) in [6.07, 6.45) is 0.674. The van der Waals surface area contributed by atoms with E-state index in [1.807, 2.05) is 32.9 Å². The number of hydrogen-bond donors (Lipinski definition) is 1. The van der Waals surface area contributed by atoms with E-state index in [-0.39, 0.29) is 12.1 Å². The molecule has 1 aromatic carbocycles. The van der Waals surface area contributed by atoms with Crippen LogP contribution in [0.5, 0.6) is 0 Å². The highest BCUT2D eigenvalue weighted by Crippen LogP contribution is 2.35. The number of carbonyl (C=O) groups excluding carboxylic acids is 1. The zero-order chi connectivity index (χ0) is 13.3. The molecule has 3 nitrogen and oxygen atoms in total. The zero-order valence-electron chi connectivity index (χ0n) is 11.5. The number of hydrogen-bond acceptors (Lipinski definition) is 2.